The molecule has 0 fully saturated rings. The van der Waals surface area contributed by atoms with Crippen LogP contribution < -0.4 is 14.8 Å². The fraction of sp³-hybridized carbons (Fsp3) is 0.294. The molecule has 0 amide bonds. The van der Waals surface area contributed by atoms with Gasteiger partial charge in [0, 0.05) is 12.1 Å². The van der Waals surface area contributed by atoms with Gasteiger partial charge in [0.1, 0.15) is 17.3 Å². The highest BCUT2D eigenvalue weighted by Gasteiger charge is 2.12. The number of hydrogen-bond donors (Lipinski definition) is 1. The summed E-state index contributed by atoms with van der Waals surface area (Å²) < 4.78 is 24.2. The summed E-state index contributed by atoms with van der Waals surface area (Å²) in [4.78, 5) is 0. The predicted octanol–water partition coefficient (Wildman–Crippen LogP) is 3.62. The quantitative estimate of drug-likeness (QED) is 0.881. The van der Waals surface area contributed by atoms with Crippen LogP contribution in [0.3, 0.4) is 0 Å². The molecule has 3 nitrogen and oxygen atoms in total. The van der Waals surface area contributed by atoms with Gasteiger partial charge in [-0.15, -0.1) is 0 Å². The Morgan fingerprint density at radius 3 is 2.48 bits per heavy atom. The second-order valence-electron chi connectivity index (χ2n) is 4.65. The Morgan fingerprint density at radius 2 is 1.81 bits per heavy atom. The van der Waals surface area contributed by atoms with E-state index in [9.17, 15) is 4.39 Å². The summed E-state index contributed by atoms with van der Waals surface area (Å²) in [5.41, 5.74) is 2.72. The lowest BCUT2D eigenvalue weighted by atomic mass is 9.98. The largest absolute Gasteiger partial charge is 0.497 e. The minimum atomic E-state index is -0.242. The SMILES string of the molecule is CCNCc1cc(F)ccc1-c1cc(OC)ccc1OC. The standard InChI is InChI=1S/C17H20FNO2/c1-4-19-11-12-9-13(18)5-7-15(12)16-10-14(20-2)6-8-17(16)21-3/h5-10,19H,4,11H2,1-3H3. The summed E-state index contributed by atoms with van der Waals surface area (Å²) in [6.07, 6.45) is 0. The van der Waals surface area contributed by atoms with Gasteiger partial charge < -0.3 is 14.8 Å². The van der Waals surface area contributed by atoms with Crippen LogP contribution in [0.15, 0.2) is 36.4 Å². The molecule has 0 aliphatic rings. The average molecular weight is 289 g/mol. The first-order valence-corrected chi connectivity index (χ1v) is 6.91. The van der Waals surface area contributed by atoms with Crippen LogP contribution in [0.2, 0.25) is 0 Å². The van der Waals surface area contributed by atoms with Crippen molar-refractivity contribution >= 4 is 0 Å². The summed E-state index contributed by atoms with van der Waals surface area (Å²) in [6.45, 7) is 3.44. The van der Waals surface area contributed by atoms with Crippen LogP contribution in [-0.2, 0) is 6.54 Å². The first-order valence-electron chi connectivity index (χ1n) is 6.91. The molecule has 0 aliphatic carbocycles. The van der Waals surface area contributed by atoms with E-state index in [4.69, 9.17) is 9.47 Å². The van der Waals surface area contributed by atoms with E-state index in [0.29, 0.717) is 6.54 Å². The molecule has 0 unspecified atom stereocenters. The molecule has 112 valence electrons. The third-order valence-corrected chi connectivity index (χ3v) is 3.33. The van der Waals surface area contributed by atoms with Gasteiger partial charge in [-0.25, -0.2) is 4.39 Å². The van der Waals surface area contributed by atoms with Crippen molar-refractivity contribution in [1.29, 1.82) is 0 Å². The molecule has 0 saturated carbocycles. The fourth-order valence-corrected chi connectivity index (χ4v) is 2.26. The Labute approximate surface area is 124 Å². The lowest BCUT2D eigenvalue weighted by Gasteiger charge is -2.15. The van der Waals surface area contributed by atoms with Gasteiger partial charge in [0.15, 0.2) is 0 Å². The molecule has 0 saturated heterocycles. The second kappa shape index (κ2) is 7.09. The number of methoxy groups -OCH3 is 2. The van der Waals surface area contributed by atoms with E-state index in [1.165, 1.54) is 6.07 Å². The van der Waals surface area contributed by atoms with Crippen LogP contribution in [0, 0.1) is 5.82 Å². The summed E-state index contributed by atoms with van der Waals surface area (Å²) in [6, 6.07) is 10.4. The van der Waals surface area contributed by atoms with Crippen molar-refractivity contribution in [2.45, 2.75) is 13.5 Å². The number of nitrogens with one attached hydrogen (secondary N) is 1. The van der Waals surface area contributed by atoms with E-state index in [0.717, 1.165) is 34.7 Å². The molecule has 0 aliphatic heterocycles. The maximum Gasteiger partial charge on any atom is 0.126 e. The molecule has 4 heteroatoms. The maximum absolute atomic E-state index is 13.5. The lowest BCUT2D eigenvalue weighted by Crippen LogP contribution is -2.12. The molecule has 2 aromatic rings. The van der Waals surface area contributed by atoms with Crippen molar-refractivity contribution in [3.05, 3.63) is 47.8 Å². The van der Waals surface area contributed by atoms with Gasteiger partial charge in [-0.1, -0.05) is 13.0 Å². The average Bonchev–Trinajstić information content (AvgIpc) is 2.52. The van der Waals surface area contributed by atoms with Crippen LogP contribution in [0.4, 0.5) is 4.39 Å². The number of ether oxygens (including phenoxy) is 2. The zero-order valence-corrected chi connectivity index (χ0v) is 12.6. The molecule has 0 heterocycles. The highest BCUT2D eigenvalue weighted by Crippen LogP contribution is 2.35. The van der Waals surface area contributed by atoms with E-state index < -0.39 is 0 Å². The monoisotopic (exact) mass is 289 g/mol. The van der Waals surface area contributed by atoms with Gasteiger partial charge in [-0.3, -0.25) is 0 Å². The van der Waals surface area contributed by atoms with E-state index in [1.807, 2.05) is 25.1 Å². The smallest absolute Gasteiger partial charge is 0.126 e. The van der Waals surface area contributed by atoms with Crippen molar-refractivity contribution < 1.29 is 13.9 Å². The molecular weight excluding hydrogens is 269 g/mol. The molecule has 1 N–H and O–H groups in total. The lowest BCUT2D eigenvalue weighted by molar-refractivity contribution is 0.404. The Morgan fingerprint density at radius 1 is 1.00 bits per heavy atom. The number of rotatable bonds is 6. The van der Waals surface area contributed by atoms with E-state index in [-0.39, 0.29) is 5.82 Å². The van der Waals surface area contributed by atoms with Gasteiger partial charge >= 0.3 is 0 Å². The summed E-state index contributed by atoms with van der Waals surface area (Å²) in [5, 5.41) is 3.23. The number of hydrogen-bond acceptors (Lipinski definition) is 3. The zero-order valence-electron chi connectivity index (χ0n) is 12.6. The molecule has 2 rings (SSSR count). The fourth-order valence-electron chi connectivity index (χ4n) is 2.26. The van der Waals surface area contributed by atoms with E-state index in [1.54, 1.807) is 26.4 Å². The predicted molar refractivity (Wildman–Crippen MR) is 82.3 cm³/mol. The maximum atomic E-state index is 13.5. The third-order valence-electron chi connectivity index (χ3n) is 3.33. The molecule has 0 radical (unpaired) electrons. The second-order valence-corrected chi connectivity index (χ2v) is 4.65. The van der Waals surface area contributed by atoms with Crippen molar-refractivity contribution in [2.24, 2.45) is 0 Å². The molecule has 0 spiro atoms. The Kier molecular flexibility index (Phi) is 5.17. The third kappa shape index (κ3) is 3.52. The number of benzene rings is 2. The van der Waals surface area contributed by atoms with Crippen LogP contribution in [-0.4, -0.2) is 20.8 Å². The van der Waals surface area contributed by atoms with Crippen molar-refractivity contribution in [3.63, 3.8) is 0 Å². The minimum Gasteiger partial charge on any atom is -0.497 e. The van der Waals surface area contributed by atoms with Gasteiger partial charge in [0.25, 0.3) is 0 Å². The van der Waals surface area contributed by atoms with Gasteiger partial charge in [-0.05, 0) is 48.0 Å². The van der Waals surface area contributed by atoms with Crippen LogP contribution in [0.5, 0.6) is 11.5 Å². The summed E-state index contributed by atoms with van der Waals surface area (Å²) in [7, 11) is 3.24. The van der Waals surface area contributed by atoms with Gasteiger partial charge in [-0.2, -0.15) is 0 Å². The van der Waals surface area contributed by atoms with Crippen LogP contribution in [0.1, 0.15) is 12.5 Å². The molecular formula is C17H20FNO2. The van der Waals surface area contributed by atoms with Crippen molar-refractivity contribution in [3.8, 4) is 22.6 Å². The van der Waals surface area contributed by atoms with Gasteiger partial charge in [0.05, 0.1) is 14.2 Å². The summed E-state index contributed by atoms with van der Waals surface area (Å²) in [5.74, 6) is 1.23. The summed E-state index contributed by atoms with van der Waals surface area (Å²) >= 11 is 0. The molecule has 0 bridgehead atoms. The highest BCUT2D eigenvalue weighted by atomic mass is 19.1. The van der Waals surface area contributed by atoms with Gasteiger partial charge in [0.2, 0.25) is 0 Å². The van der Waals surface area contributed by atoms with Crippen LogP contribution in [0.25, 0.3) is 11.1 Å². The van der Waals surface area contributed by atoms with E-state index in [2.05, 4.69) is 5.32 Å². The zero-order chi connectivity index (χ0) is 15.2. The Hall–Kier alpha value is -2.07. The first-order chi connectivity index (χ1) is 10.2. The topological polar surface area (TPSA) is 30.5 Å². The Bertz CT molecular complexity index is 614. The minimum absolute atomic E-state index is 0.242. The molecule has 21 heavy (non-hydrogen) atoms. The number of halogens is 1. The van der Waals surface area contributed by atoms with E-state index >= 15 is 0 Å². The normalized spacial score (nSPS) is 10.5. The van der Waals surface area contributed by atoms with Crippen molar-refractivity contribution in [1.82, 2.24) is 5.32 Å². The first kappa shape index (κ1) is 15.3. The van der Waals surface area contributed by atoms with Crippen LogP contribution >= 0.6 is 0 Å². The molecule has 2 aromatic carbocycles. The van der Waals surface area contributed by atoms with Crippen molar-refractivity contribution in [2.75, 3.05) is 20.8 Å². The highest BCUT2D eigenvalue weighted by molar-refractivity contribution is 5.74. The molecule has 0 atom stereocenters. The molecule has 0 aromatic heterocycles. The Balaban J connectivity index is 2.54.